The Balaban J connectivity index is 1.48. The molecule has 2 aromatic carbocycles. The van der Waals surface area contributed by atoms with Crippen LogP contribution in [0.5, 0.6) is 0 Å². The number of aromatic nitrogens is 3. The molecule has 13 heteroatoms. The molecule has 232 valence electrons. The average Bonchev–Trinajstić information content (AvgIpc) is 3.57. The zero-order valence-electron chi connectivity index (χ0n) is 24.3. The number of nitrogens with zero attached hydrogens (tertiary/aromatic N) is 3. The number of ketones is 1. The van der Waals surface area contributed by atoms with Crippen molar-refractivity contribution in [3.05, 3.63) is 53.5 Å². The number of hydrogen-bond acceptors (Lipinski definition) is 8. The predicted octanol–water partition coefficient (Wildman–Crippen LogP) is 6.19. The van der Waals surface area contributed by atoms with Gasteiger partial charge in [0, 0.05) is 18.4 Å². The number of amides is 1. The Bertz CT molecular complexity index is 1720. The van der Waals surface area contributed by atoms with Gasteiger partial charge in [-0.15, -0.1) is 21.5 Å². The summed E-state index contributed by atoms with van der Waals surface area (Å²) in [7, 11) is 0. The molecule has 0 radical (unpaired) electrons. The summed E-state index contributed by atoms with van der Waals surface area (Å²) in [6.07, 6.45) is -0.879. The van der Waals surface area contributed by atoms with Crippen molar-refractivity contribution in [1.29, 1.82) is 0 Å². The molecule has 1 aliphatic carbocycles. The summed E-state index contributed by atoms with van der Waals surface area (Å²) in [5.74, 6) is -2.37. The van der Waals surface area contributed by atoms with Gasteiger partial charge in [0.1, 0.15) is 6.04 Å². The van der Waals surface area contributed by atoms with E-state index in [1.165, 1.54) is 11.3 Å². The summed E-state index contributed by atoms with van der Waals surface area (Å²) >= 11 is 1.37. The van der Waals surface area contributed by atoms with Crippen molar-refractivity contribution in [2.24, 2.45) is 11.3 Å². The maximum absolute atomic E-state index is 12.9. The van der Waals surface area contributed by atoms with Gasteiger partial charge in [-0.2, -0.15) is 13.2 Å². The fraction of sp³-hybridized carbons (Fsp3) is 0.419. The van der Waals surface area contributed by atoms with Crippen molar-refractivity contribution in [1.82, 2.24) is 20.5 Å². The van der Waals surface area contributed by atoms with Crippen molar-refractivity contribution in [2.45, 2.75) is 71.5 Å². The van der Waals surface area contributed by atoms with Crippen molar-refractivity contribution in [3.63, 3.8) is 0 Å². The first-order valence-corrected chi connectivity index (χ1v) is 15.0. The highest BCUT2D eigenvalue weighted by Gasteiger charge is 2.38. The Morgan fingerprint density at radius 3 is 2.43 bits per heavy atom. The number of carbonyl (C=O) groups is 3. The lowest BCUT2D eigenvalue weighted by Crippen LogP contribution is -2.46. The molecule has 0 unspecified atom stereocenters. The van der Waals surface area contributed by atoms with Crippen LogP contribution in [0.2, 0.25) is 0 Å². The molecule has 44 heavy (non-hydrogen) atoms. The standard InChI is InChI=1S/C31H31F3N4O5S/c1-16(31(32,33)34)35-26(40)23(39)14-18-11-12-21(20-10-5-4-9-19(18)20)25-22(13-17-7-6-8-17)36-28(44-25)27-38-37-24(43-27)15-30(2,3)29(41)42/h4-5,9-12,16-17H,6-8,13-15H2,1-3H3,(H,35,40)(H,41,42)/t16-/m0/s1. The predicted molar refractivity (Wildman–Crippen MR) is 157 cm³/mol. The van der Waals surface area contributed by atoms with Crippen LogP contribution in [-0.2, 0) is 33.6 Å². The second-order valence-electron chi connectivity index (χ2n) is 11.8. The third kappa shape index (κ3) is 6.67. The van der Waals surface area contributed by atoms with Gasteiger partial charge in [0.2, 0.25) is 11.7 Å². The molecule has 9 nitrogen and oxygen atoms in total. The number of carbonyl (C=O) groups excluding carboxylic acids is 2. The smallest absolute Gasteiger partial charge is 0.408 e. The Labute approximate surface area is 254 Å². The van der Waals surface area contributed by atoms with E-state index in [9.17, 15) is 32.7 Å². The SMILES string of the molecule is C[C@H](NC(=O)C(=O)Cc1ccc(-c2sc(-c3nnc(CC(C)(C)C(=O)O)o3)nc2CC2CCC2)c2ccccc12)C(F)(F)F. The van der Waals surface area contributed by atoms with E-state index >= 15 is 0 Å². The van der Waals surface area contributed by atoms with Crippen molar-refractivity contribution in [2.75, 3.05) is 0 Å². The number of carboxylic acids is 1. The molecule has 1 aliphatic rings. The normalized spacial score (nSPS) is 14.8. The number of Topliss-reactive ketones (excluding diaryl/α,β-unsaturated/α-hetero) is 1. The Kier molecular flexibility index (Phi) is 8.61. The van der Waals surface area contributed by atoms with Crippen LogP contribution in [0, 0.1) is 11.3 Å². The van der Waals surface area contributed by atoms with Crippen molar-refractivity contribution < 1.29 is 37.1 Å². The second-order valence-corrected chi connectivity index (χ2v) is 12.8. The zero-order valence-corrected chi connectivity index (χ0v) is 25.1. The summed E-state index contributed by atoms with van der Waals surface area (Å²) in [6.45, 7) is 3.94. The largest absolute Gasteiger partial charge is 0.481 e. The summed E-state index contributed by atoms with van der Waals surface area (Å²) in [4.78, 5) is 42.2. The maximum atomic E-state index is 12.9. The van der Waals surface area contributed by atoms with Gasteiger partial charge in [0.05, 0.1) is 16.0 Å². The fourth-order valence-electron chi connectivity index (χ4n) is 4.95. The highest BCUT2D eigenvalue weighted by atomic mass is 32.1. The zero-order chi connectivity index (χ0) is 31.8. The molecule has 0 spiro atoms. The quantitative estimate of drug-likeness (QED) is 0.188. The molecule has 2 heterocycles. The van der Waals surface area contributed by atoms with Gasteiger partial charge in [-0.05, 0) is 49.4 Å². The lowest BCUT2D eigenvalue weighted by Gasteiger charge is -2.24. The van der Waals surface area contributed by atoms with E-state index in [0.717, 1.165) is 54.1 Å². The monoisotopic (exact) mass is 628 g/mol. The highest BCUT2D eigenvalue weighted by molar-refractivity contribution is 7.18. The van der Waals surface area contributed by atoms with Crippen molar-refractivity contribution in [3.8, 4) is 21.3 Å². The van der Waals surface area contributed by atoms with Crippen LogP contribution in [0.1, 0.15) is 57.2 Å². The lowest BCUT2D eigenvalue weighted by atomic mass is 9.81. The minimum Gasteiger partial charge on any atom is -0.481 e. The number of fused-ring (bicyclic) bond motifs is 1. The molecule has 5 rings (SSSR count). The van der Waals surface area contributed by atoms with Gasteiger partial charge < -0.3 is 14.8 Å². The van der Waals surface area contributed by atoms with Crippen LogP contribution in [0.15, 0.2) is 40.8 Å². The molecule has 1 fully saturated rings. The third-order valence-electron chi connectivity index (χ3n) is 7.93. The van der Waals surface area contributed by atoms with Crippen LogP contribution < -0.4 is 5.32 Å². The molecule has 4 aromatic rings. The van der Waals surface area contributed by atoms with E-state index in [1.807, 2.05) is 18.2 Å². The van der Waals surface area contributed by atoms with E-state index in [2.05, 4.69) is 10.2 Å². The number of carboxylic acid groups (broad SMARTS) is 1. The van der Waals surface area contributed by atoms with Gasteiger partial charge in [0.15, 0.2) is 5.01 Å². The molecule has 1 amide bonds. The fourth-order valence-corrected chi connectivity index (χ4v) is 6.01. The van der Waals surface area contributed by atoms with Gasteiger partial charge in [-0.1, -0.05) is 55.7 Å². The van der Waals surface area contributed by atoms with Crippen LogP contribution in [-0.4, -0.2) is 50.2 Å². The number of aliphatic carboxylic acids is 1. The average molecular weight is 629 g/mol. The number of nitrogens with one attached hydrogen (secondary N) is 1. The maximum Gasteiger partial charge on any atom is 0.408 e. The van der Waals surface area contributed by atoms with E-state index in [4.69, 9.17) is 9.40 Å². The van der Waals surface area contributed by atoms with Gasteiger partial charge in [-0.25, -0.2) is 4.98 Å². The number of alkyl halides is 3. The molecule has 2 aromatic heterocycles. The molecule has 0 bridgehead atoms. The highest BCUT2D eigenvalue weighted by Crippen LogP contribution is 2.42. The number of halogens is 3. The van der Waals surface area contributed by atoms with Crippen LogP contribution in [0.4, 0.5) is 13.2 Å². The Hall–Kier alpha value is -4.13. The number of rotatable bonds is 11. The number of hydrogen-bond donors (Lipinski definition) is 2. The Morgan fingerprint density at radius 2 is 1.80 bits per heavy atom. The minimum absolute atomic E-state index is 0.0560. The molecule has 1 atom stereocenters. The summed E-state index contributed by atoms with van der Waals surface area (Å²) in [5.41, 5.74) is 1.12. The lowest BCUT2D eigenvalue weighted by molar-refractivity contribution is -0.159. The molecule has 0 saturated heterocycles. The van der Waals surface area contributed by atoms with Gasteiger partial charge >= 0.3 is 12.1 Å². The first-order chi connectivity index (χ1) is 20.7. The number of thiazole rings is 1. The molecule has 0 aliphatic heterocycles. The van der Waals surface area contributed by atoms with E-state index < -0.39 is 35.3 Å². The Morgan fingerprint density at radius 1 is 1.09 bits per heavy atom. The van der Waals surface area contributed by atoms with Crippen LogP contribution >= 0.6 is 11.3 Å². The number of benzene rings is 2. The molecule has 2 N–H and O–H groups in total. The van der Waals surface area contributed by atoms with Gasteiger partial charge in [-0.3, -0.25) is 14.4 Å². The molecule has 1 saturated carbocycles. The third-order valence-corrected chi connectivity index (χ3v) is 9.05. The summed E-state index contributed by atoms with van der Waals surface area (Å²) < 4.78 is 44.5. The van der Waals surface area contributed by atoms with Crippen LogP contribution in [0.3, 0.4) is 0 Å². The van der Waals surface area contributed by atoms with Gasteiger partial charge in [0.25, 0.3) is 11.8 Å². The first-order valence-electron chi connectivity index (χ1n) is 14.2. The second kappa shape index (κ2) is 12.1. The topological polar surface area (TPSA) is 135 Å². The van der Waals surface area contributed by atoms with Crippen LogP contribution in [0.25, 0.3) is 32.1 Å². The van der Waals surface area contributed by atoms with Crippen molar-refractivity contribution >= 4 is 39.8 Å². The molecular weight excluding hydrogens is 597 g/mol. The van der Waals surface area contributed by atoms with E-state index in [0.29, 0.717) is 21.9 Å². The minimum atomic E-state index is -4.66. The van der Waals surface area contributed by atoms with E-state index in [-0.39, 0.29) is 24.6 Å². The summed E-state index contributed by atoms with van der Waals surface area (Å²) in [5, 5.41) is 21.4. The summed E-state index contributed by atoms with van der Waals surface area (Å²) in [6, 6.07) is 8.72. The first kappa shape index (κ1) is 31.3. The molecular formula is C31H31F3N4O5S. The van der Waals surface area contributed by atoms with E-state index in [1.54, 1.807) is 37.4 Å².